The standard InChI is InChI=1S/C12H15F2NOS/c1-8(15-17(16)12(2,3)4)9-6-5-7-10(13)11(9)14/h5-7H,1-4H3. The van der Waals surface area contributed by atoms with Crippen molar-refractivity contribution in [2.75, 3.05) is 0 Å². The van der Waals surface area contributed by atoms with Crippen LogP contribution in [-0.2, 0) is 11.4 Å². The van der Waals surface area contributed by atoms with Gasteiger partial charge in [-0.3, -0.25) is 0 Å². The summed E-state index contributed by atoms with van der Waals surface area (Å²) in [4.78, 5) is 0. The molecule has 0 heterocycles. The fraction of sp³-hybridized carbons (Fsp3) is 0.417. The molecule has 1 aromatic carbocycles. The molecule has 0 aromatic heterocycles. The van der Waals surface area contributed by atoms with Crippen molar-refractivity contribution in [2.45, 2.75) is 32.4 Å². The SMILES string of the molecule is CC(=N[S+]([O-])C(C)(C)C)c1cccc(F)c1F. The lowest BCUT2D eigenvalue weighted by Gasteiger charge is -2.18. The van der Waals surface area contributed by atoms with Gasteiger partial charge in [-0.1, -0.05) is 10.5 Å². The summed E-state index contributed by atoms with van der Waals surface area (Å²) in [6, 6.07) is 3.84. The molecule has 0 aliphatic rings. The minimum atomic E-state index is -1.48. The number of benzene rings is 1. The number of rotatable bonds is 2. The lowest BCUT2D eigenvalue weighted by Crippen LogP contribution is -2.26. The molecule has 0 amide bonds. The molecule has 0 spiro atoms. The predicted molar refractivity (Wildman–Crippen MR) is 66.5 cm³/mol. The Hall–Kier alpha value is -0.940. The number of hydrogen-bond acceptors (Lipinski definition) is 2. The van der Waals surface area contributed by atoms with Crippen LogP contribution < -0.4 is 0 Å². The van der Waals surface area contributed by atoms with Crippen LogP contribution in [0.2, 0.25) is 0 Å². The van der Waals surface area contributed by atoms with Gasteiger partial charge in [-0.15, -0.1) is 0 Å². The Kier molecular flexibility index (Phi) is 4.27. The highest BCUT2D eigenvalue weighted by Gasteiger charge is 2.27. The van der Waals surface area contributed by atoms with Gasteiger partial charge in [0.25, 0.3) is 0 Å². The van der Waals surface area contributed by atoms with Crippen LogP contribution in [0.3, 0.4) is 0 Å². The smallest absolute Gasteiger partial charge is 0.168 e. The maximum absolute atomic E-state index is 13.4. The molecule has 2 nitrogen and oxygen atoms in total. The van der Waals surface area contributed by atoms with Gasteiger partial charge in [-0.05, 0) is 39.8 Å². The Morgan fingerprint density at radius 3 is 2.41 bits per heavy atom. The van der Waals surface area contributed by atoms with Gasteiger partial charge in [0.2, 0.25) is 0 Å². The van der Waals surface area contributed by atoms with Gasteiger partial charge in [0.1, 0.15) is 16.1 Å². The summed E-state index contributed by atoms with van der Waals surface area (Å²) in [5, 5.41) is 0. The Morgan fingerprint density at radius 1 is 1.29 bits per heavy atom. The summed E-state index contributed by atoms with van der Waals surface area (Å²) in [5.41, 5.74) is 0.276. The Bertz CT molecular complexity index is 441. The minimum Gasteiger partial charge on any atom is -0.591 e. The first-order chi connectivity index (χ1) is 7.73. The van der Waals surface area contributed by atoms with E-state index in [0.717, 1.165) is 6.07 Å². The third-order valence-corrected chi connectivity index (χ3v) is 3.57. The highest BCUT2D eigenvalue weighted by atomic mass is 32.2. The monoisotopic (exact) mass is 259 g/mol. The molecule has 0 saturated heterocycles. The van der Waals surface area contributed by atoms with Crippen molar-refractivity contribution in [3.63, 3.8) is 0 Å². The first-order valence-corrected chi connectivity index (χ1v) is 6.26. The summed E-state index contributed by atoms with van der Waals surface area (Å²) in [6.07, 6.45) is 0. The van der Waals surface area contributed by atoms with Crippen LogP contribution in [0.25, 0.3) is 0 Å². The number of halogens is 2. The predicted octanol–water partition coefficient (Wildman–Crippen LogP) is 3.24. The lowest BCUT2D eigenvalue weighted by molar-refractivity contribution is 0.507. The van der Waals surface area contributed by atoms with Crippen LogP contribution in [0.4, 0.5) is 8.78 Å². The van der Waals surface area contributed by atoms with Gasteiger partial charge >= 0.3 is 0 Å². The zero-order valence-corrected chi connectivity index (χ0v) is 11.1. The van der Waals surface area contributed by atoms with Crippen molar-refractivity contribution >= 4 is 17.1 Å². The van der Waals surface area contributed by atoms with E-state index in [2.05, 4.69) is 4.40 Å². The van der Waals surface area contributed by atoms with Crippen LogP contribution in [0.5, 0.6) is 0 Å². The highest BCUT2D eigenvalue weighted by Crippen LogP contribution is 2.19. The molecule has 1 rings (SSSR count). The van der Waals surface area contributed by atoms with E-state index in [1.807, 2.05) is 0 Å². The van der Waals surface area contributed by atoms with Crippen LogP contribution in [0, 0.1) is 11.6 Å². The van der Waals surface area contributed by atoms with Crippen molar-refractivity contribution < 1.29 is 13.3 Å². The van der Waals surface area contributed by atoms with Gasteiger partial charge in [0.15, 0.2) is 11.6 Å². The van der Waals surface area contributed by atoms with Gasteiger partial charge in [0, 0.05) is 5.56 Å². The summed E-state index contributed by atoms with van der Waals surface area (Å²) in [6.45, 7) is 6.81. The van der Waals surface area contributed by atoms with E-state index in [1.54, 1.807) is 20.8 Å². The second-order valence-electron chi connectivity index (χ2n) is 4.64. The summed E-state index contributed by atoms with van der Waals surface area (Å²) in [7, 11) is 0. The van der Waals surface area contributed by atoms with Crippen LogP contribution in [0.15, 0.2) is 22.6 Å². The van der Waals surface area contributed by atoms with Crippen LogP contribution >= 0.6 is 0 Å². The topological polar surface area (TPSA) is 35.4 Å². The van der Waals surface area contributed by atoms with E-state index in [4.69, 9.17) is 0 Å². The maximum Gasteiger partial charge on any atom is 0.168 e. The third kappa shape index (κ3) is 3.51. The average molecular weight is 259 g/mol. The molecule has 5 heteroatoms. The fourth-order valence-electron chi connectivity index (χ4n) is 1.09. The fourth-order valence-corrected chi connectivity index (χ4v) is 1.71. The molecule has 0 radical (unpaired) electrons. The molecule has 1 unspecified atom stereocenters. The molecule has 0 aliphatic carbocycles. The molecule has 1 atom stereocenters. The quantitative estimate of drug-likeness (QED) is 0.593. The summed E-state index contributed by atoms with van der Waals surface area (Å²) >= 11 is -1.48. The van der Waals surface area contributed by atoms with Crippen molar-refractivity contribution in [1.29, 1.82) is 0 Å². The van der Waals surface area contributed by atoms with Crippen molar-refractivity contribution in [3.8, 4) is 0 Å². The van der Waals surface area contributed by atoms with Crippen molar-refractivity contribution in [3.05, 3.63) is 35.4 Å². The number of nitrogens with zero attached hydrogens (tertiary/aromatic N) is 1. The maximum atomic E-state index is 13.4. The molecule has 0 N–H and O–H groups in total. The molecule has 1 aromatic rings. The van der Waals surface area contributed by atoms with Gasteiger partial charge in [0.05, 0.1) is 5.71 Å². The number of hydrogen-bond donors (Lipinski definition) is 0. The molecule has 0 fully saturated rings. The molecule has 0 saturated carbocycles. The van der Waals surface area contributed by atoms with E-state index in [9.17, 15) is 13.3 Å². The van der Waals surface area contributed by atoms with Crippen molar-refractivity contribution in [1.82, 2.24) is 0 Å². The summed E-state index contributed by atoms with van der Waals surface area (Å²) < 4.78 is 41.6. The van der Waals surface area contributed by atoms with Crippen LogP contribution in [0.1, 0.15) is 33.3 Å². The van der Waals surface area contributed by atoms with E-state index in [1.165, 1.54) is 19.1 Å². The van der Waals surface area contributed by atoms with Gasteiger partial charge in [-0.25, -0.2) is 8.78 Å². The molecule has 0 bridgehead atoms. The Morgan fingerprint density at radius 2 is 1.88 bits per heavy atom. The van der Waals surface area contributed by atoms with E-state index >= 15 is 0 Å². The second-order valence-corrected chi connectivity index (χ2v) is 6.55. The first kappa shape index (κ1) is 14.1. The molecule has 17 heavy (non-hydrogen) atoms. The van der Waals surface area contributed by atoms with Gasteiger partial charge < -0.3 is 4.55 Å². The average Bonchev–Trinajstić information content (AvgIpc) is 2.20. The van der Waals surface area contributed by atoms with Gasteiger partial charge in [-0.2, -0.15) is 0 Å². The van der Waals surface area contributed by atoms with Crippen molar-refractivity contribution in [2.24, 2.45) is 4.40 Å². The zero-order valence-electron chi connectivity index (χ0n) is 10.3. The van der Waals surface area contributed by atoms with E-state index in [0.29, 0.717) is 0 Å². The third-order valence-electron chi connectivity index (χ3n) is 2.09. The summed E-state index contributed by atoms with van der Waals surface area (Å²) in [5.74, 6) is -1.89. The second kappa shape index (κ2) is 5.14. The molecule has 94 valence electrons. The highest BCUT2D eigenvalue weighted by molar-refractivity contribution is 7.91. The molecule has 0 aliphatic heterocycles. The Balaban J connectivity index is 3.09. The van der Waals surface area contributed by atoms with E-state index in [-0.39, 0.29) is 11.3 Å². The molecular weight excluding hydrogens is 244 g/mol. The van der Waals surface area contributed by atoms with E-state index < -0.39 is 27.7 Å². The minimum absolute atomic E-state index is 0.0441. The normalized spacial score (nSPS) is 14.9. The van der Waals surface area contributed by atoms with Crippen LogP contribution in [-0.4, -0.2) is 15.0 Å². The zero-order chi connectivity index (χ0) is 13.2. The largest absolute Gasteiger partial charge is 0.591 e. The Labute approximate surface area is 103 Å². The first-order valence-electron chi connectivity index (χ1n) is 5.15. The molecular formula is C12H15F2NOS. The lowest BCUT2D eigenvalue weighted by atomic mass is 10.1.